The molecule has 1 fully saturated rings. The molecule has 152 valence electrons. The Bertz CT molecular complexity index is 961. The van der Waals surface area contributed by atoms with Gasteiger partial charge >= 0.3 is 11.7 Å². The van der Waals surface area contributed by atoms with Crippen molar-refractivity contribution in [3.63, 3.8) is 0 Å². The van der Waals surface area contributed by atoms with Gasteiger partial charge < -0.3 is 19.3 Å². The number of hydrogen-bond acceptors (Lipinski definition) is 7. The molecule has 3 rings (SSSR count). The Morgan fingerprint density at radius 1 is 1.38 bits per heavy atom. The van der Waals surface area contributed by atoms with Gasteiger partial charge in [0.25, 0.3) is 0 Å². The second kappa shape index (κ2) is 9.37. The molecule has 1 aliphatic rings. The lowest BCUT2D eigenvalue weighted by Crippen LogP contribution is -2.28. The van der Waals surface area contributed by atoms with E-state index in [1.807, 2.05) is 0 Å². The monoisotopic (exact) mass is 398 g/mol. The van der Waals surface area contributed by atoms with Crippen molar-refractivity contribution < 1.29 is 24.1 Å². The molecular weight excluding hydrogens is 376 g/mol. The zero-order valence-corrected chi connectivity index (χ0v) is 16.0. The normalized spacial score (nSPS) is 18.2. The van der Waals surface area contributed by atoms with E-state index in [0.29, 0.717) is 30.6 Å². The number of esters is 1. The number of rotatable bonds is 7. The van der Waals surface area contributed by atoms with Gasteiger partial charge in [-0.25, -0.2) is 4.79 Å². The number of hydrogen-bond donors (Lipinski definition) is 1. The molecule has 0 amide bonds. The lowest BCUT2D eigenvalue weighted by Gasteiger charge is -2.16. The van der Waals surface area contributed by atoms with Gasteiger partial charge in [-0.2, -0.15) is 4.98 Å². The highest BCUT2D eigenvalue weighted by Gasteiger charge is 2.27. The van der Waals surface area contributed by atoms with E-state index in [-0.39, 0.29) is 31.2 Å². The fourth-order valence-electron chi connectivity index (χ4n) is 2.90. The predicted molar refractivity (Wildman–Crippen MR) is 103 cm³/mol. The zero-order chi connectivity index (χ0) is 20.8. The average Bonchev–Trinajstić information content (AvgIpc) is 3.22. The third kappa shape index (κ3) is 5.02. The first kappa shape index (κ1) is 20.6. The number of benzene rings is 1. The molecule has 2 aromatic rings. The Kier molecular flexibility index (Phi) is 6.65. The van der Waals surface area contributed by atoms with Gasteiger partial charge in [0.2, 0.25) is 5.88 Å². The van der Waals surface area contributed by atoms with E-state index in [0.717, 1.165) is 5.56 Å². The summed E-state index contributed by atoms with van der Waals surface area (Å²) in [6.07, 6.45) is 7.78. The molecule has 29 heavy (non-hydrogen) atoms. The Hall–Kier alpha value is -3.15. The van der Waals surface area contributed by atoms with Gasteiger partial charge in [0.05, 0.1) is 12.7 Å². The van der Waals surface area contributed by atoms with Crippen LogP contribution in [0.4, 0.5) is 0 Å². The van der Waals surface area contributed by atoms with Crippen molar-refractivity contribution in [3.8, 4) is 24.0 Å². The molecule has 1 N–H and O–H groups in total. The van der Waals surface area contributed by atoms with Crippen LogP contribution < -0.4 is 15.2 Å². The molecule has 8 nitrogen and oxygen atoms in total. The average molecular weight is 398 g/mol. The van der Waals surface area contributed by atoms with Crippen molar-refractivity contribution in [3.05, 3.63) is 52.1 Å². The minimum atomic E-state index is -0.538. The standard InChI is InChI=1S/C21H22N2O6/c1-3-15-11-23(18-10-9-17(12-24)28-18)21(26)22-20(15)27-13-14-5-7-16(8-6-14)29-19(25)4-2/h1,5-8,11,17-18,24H,4,9-10,12-13H2,2H3. The summed E-state index contributed by atoms with van der Waals surface area (Å²) in [6, 6.07) is 6.82. The number of aliphatic hydroxyl groups is 1. The second-order valence-corrected chi connectivity index (χ2v) is 6.53. The highest BCUT2D eigenvalue weighted by atomic mass is 16.5. The number of aromatic nitrogens is 2. The first-order valence-electron chi connectivity index (χ1n) is 9.32. The maximum absolute atomic E-state index is 12.4. The molecule has 2 atom stereocenters. The lowest BCUT2D eigenvalue weighted by molar-refractivity contribution is -0.134. The molecule has 1 aromatic carbocycles. The summed E-state index contributed by atoms with van der Waals surface area (Å²) in [4.78, 5) is 27.7. The van der Waals surface area contributed by atoms with Gasteiger partial charge in [0.15, 0.2) is 0 Å². The summed E-state index contributed by atoms with van der Waals surface area (Å²) in [6.45, 7) is 1.76. The molecule has 1 aromatic heterocycles. The number of ether oxygens (including phenoxy) is 3. The van der Waals surface area contributed by atoms with Crippen molar-refractivity contribution in [2.75, 3.05) is 6.61 Å². The summed E-state index contributed by atoms with van der Waals surface area (Å²) in [5, 5.41) is 9.19. The smallest absolute Gasteiger partial charge is 0.353 e. The van der Waals surface area contributed by atoms with E-state index in [1.54, 1.807) is 31.2 Å². The summed E-state index contributed by atoms with van der Waals surface area (Å²) >= 11 is 0. The van der Waals surface area contributed by atoms with E-state index < -0.39 is 11.9 Å². The Balaban J connectivity index is 1.70. The highest BCUT2D eigenvalue weighted by Crippen LogP contribution is 2.27. The molecule has 2 unspecified atom stereocenters. The molecule has 0 radical (unpaired) electrons. The van der Waals surface area contributed by atoms with Gasteiger partial charge in [-0.1, -0.05) is 25.0 Å². The Labute approximate surface area is 168 Å². The predicted octanol–water partition coefficient (Wildman–Crippen LogP) is 1.79. The molecule has 2 heterocycles. The summed E-state index contributed by atoms with van der Waals surface area (Å²) < 4.78 is 17.7. The van der Waals surface area contributed by atoms with Crippen molar-refractivity contribution in [2.24, 2.45) is 0 Å². The maximum Gasteiger partial charge on any atom is 0.353 e. The topological polar surface area (TPSA) is 99.9 Å². The van der Waals surface area contributed by atoms with Crippen LogP contribution in [0.15, 0.2) is 35.3 Å². The second-order valence-electron chi connectivity index (χ2n) is 6.53. The van der Waals surface area contributed by atoms with Crippen molar-refractivity contribution >= 4 is 5.97 Å². The minimum absolute atomic E-state index is 0.0620. The van der Waals surface area contributed by atoms with Gasteiger partial charge in [0.1, 0.15) is 24.1 Å². The summed E-state index contributed by atoms with van der Waals surface area (Å²) in [7, 11) is 0. The first-order valence-corrected chi connectivity index (χ1v) is 9.32. The van der Waals surface area contributed by atoms with Crippen LogP contribution in [0.1, 0.15) is 43.5 Å². The third-order valence-corrected chi connectivity index (χ3v) is 4.49. The molecule has 8 heteroatoms. The summed E-state index contributed by atoms with van der Waals surface area (Å²) in [5.41, 5.74) is 0.582. The zero-order valence-electron chi connectivity index (χ0n) is 16.0. The van der Waals surface area contributed by atoms with Crippen LogP contribution in [0.3, 0.4) is 0 Å². The van der Waals surface area contributed by atoms with E-state index >= 15 is 0 Å². The van der Waals surface area contributed by atoms with Crippen LogP contribution >= 0.6 is 0 Å². The van der Waals surface area contributed by atoms with E-state index in [1.165, 1.54) is 10.8 Å². The molecule has 0 aliphatic carbocycles. The molecular formula is C21H22N2O6. The molecule has 0 bridgehead atoms. The number of carbonyl (C=O) groups excluding carboxylic acids is 1. The van der Waals surface area contributed by atoms with Gasteiger partial charge in [-0.3, -0.25) is 9.36 Å². The number of terminal acetylenes is 1. The molecule has 1 saturated heterocycles. The first-order chi connectivity index (χ1) is 14.0. The maximum atomic E-state index is 12.4. The molecule has 1 aliphatic heterocycles. The van der Waals surface area contributed by atoms with Gasteiger partial charge in [-0.15, -0.1) is 6.42 Å². The number of aliphatic hydroxyl groups excluding tert-OH is 1. The molecule has 0 saturated carbocycles. The van der Waals surface area contributed by atoms with Crippen LogP contribution in [-0.2, 0) is 16.1 Å². The fourth-order valence-corrected chi connectivity index (χ4v) is 2.90. The van der Waals surface area contributed by atoms with Crippen molar-refractivity contribution in [1.29, 1.82) is 0 Å². The quantitative estimate of drug-likeness (QED) is 0.431. The van der Waals surface area contributed by atoms with Crippen molar-refractivity contribution in [2.45, 2.75) is 45.1 Å². The van der Waals surface area contributed by atoms with Crippen LogP contribution in [0.5, 0.6) is 11.6 Å². The van der Waals surface area contributed by atoms with Crippen LogP contribution in [0, 0.1) is 12.3 Å². The van der Waals surface area contributed by atoms with E-state index in [4.69, 9.17) is 20.6 Å². The van der Waals surface area contributed by atoms with Crippen LogP contribution in [-0.4, -0.2) is 33.3 Å². The largest absolute Gasteiger partial charge is 0.472 e. The lowest BCUT2D eigenvalue weighted by atomic mass is 10.2. The molecule has 0 spiro atoms. The minimum Gasteiger partial charge on any atom is -0.472 e. The summed E-state index contributed by atoms with van der Waals surface area (Å²) in [5.74, 6) is 2.67. The van der Waals surface area contributed by atoms with E-state index in [9.17, 15) is 14.7 Å². The highest BCUT2D eigenvalue weighted by molar-refractivity contribution is 5.71. The van der Waals surface area contributed by atoms with E-state index in [2.05, 4.69) is 10.9 Å². The number of nitrogens with zero attached hydrogens (tertiary/aromatic N) is 2. The van der Waals surface area contributed by atoms with Gasteiger partial charge in [0, 0.05) is 12.6 Å². The third-order valence-electron chi connectivity index (χ3n) is 4.49. The fraction of sp³-hybridized carbons (Fsp3) is 0.381. The Morgan fingerprint density at radius 2 is 2.14 bits per heavy atom. The number of carbonyl (C=O) groups is 1. The SMILES string of the molecule is C#Cc1cn(C2CCC(CO)O2)c(=O)nc1OCc1ccc(OC(=O)CC)cc1. The van der Waals surface area contributed by atoms with Crippen LogP contribution in [0.25, 0.3) is 0 Å². The van der Waals surface area contributed by atoms with Crippen molar-refractivity contribution in [1.82, 2.24) is 9.55 Å². The van der Waals surface area contributed by atoms with Crippen LogP contribution in [0.2, 0.25) is 0 Å². The van der Waals surface area contributed by atoms with Gasteiger partial charge in [-0.05, 0) is 30.5 Å². The Morgan fingerprint density at radius 3 is 2.76 bits per heavy atom.